The van der Waals surface area contributed by atoms with E-state index in [4.69, 9.17) is 0 Å². The molecular weight excluding hydrogens is 348 g/mol. The van der Waals surface area contributed by atoms with E-state index in [1.165, 1.54) is 11.3 Å². The van der Waals surface area contributed by atoms with Crippen molar-refractivity contribution in [2.45, 2.75) is 38.8 Å². The fourth-order valence-corrected chi connectivity index (χ4v) is 3.93. The molecule has 0 saturated carbocycles. The predicted molar refractivity (Wildman–Crippen MR) is 112 cm³/mol. The molecule has 1 amide bonds. The van der Waals surface area contributed by atoms with Gasteiger partial charge in [-0.1, -0.05) is 24.3 Å². The van der Waals surface area contributed by atoms with Crippen LogP contribution in [0.5, 0.6) is 0 Å². The quantitative estimate of drug-likeness (QED) is 0.678. The number of H-pyrrole nitrogens is 1. The molecule has 0 radical (unpaired) electrons. The maximum absolute atomic E-state index is 13.2. The summed E-state index contributed by atoms with van der Waals surface area (Å²) in [4.78, 5) is 22.5. The second-order valence-corrected chi connectivity index (χ2v) is 7.24. The number of rotatable bonds is 6. The zero-order valence-electron chi connectivity index (χ0n) is 16.2. The molecule has 0 fully saturated rings. The second kappa shape index (κ2) is 8.30. The van der Waals surface area contributed by atoms with Crippen LogP contribution in [0, 0.1) is 0 Å². The second-order valence-electron chi connectivity index (χ2n) is 7.24. The van der Waals surface area contributed by atoms with E-state index in [-0.39, 0.29) is 11.9 Å². The summed E-state index contributed by atoms with van der Waals surface area (Å²) in [6, 6.07) is 14.2. The van der Waals surface area contributed by atoms with E-state index >= 15 is 0 Å². The monoisotopic (exact) mass is 374 g/mol. The van der Waals surface area contributed by atoms with Crippen LogP contribution < -0.4 is 5.32 Å². The first-order valence-electron chi connectivity index (χ1n) is 9.95. The molecule has 0 unspecified atom stereocenters. The molecule has 1 atom stereocenters. The third-order valence-corrected chi connectivity index (χ3v) is 5.42. The fraction of sp³-hybridized carbons (Fsp3) is 0.304. The molecule has 3 aromatic rings. The van der Waals surface area contributed by atoms with Gasteiger partial charge in [-0.25, -0.2) is 0 Å². The normalized spacial score (nSPS) is 16.6. The average Bonchev–Trinajstić information content (AvgIpc) is 3.18. The summed E-state index contributed by atoms with van der Waals surface area (Å²) in [7, 11) is 0. The van der Waals surface area contributed by atoms with Gasteiger partial charge in [0.25, 0.3) is 5.91 Å². The molecule has 2 N–H and O–H groups in total. The Labute approximate surface area is 165 Å². The Hall–Kier alpha value is -3.08. The largest absolute Gasteiger partial charge is 0.384 e. The standard InChI is InChI=1S/C23H26N4O/c1-2-27(23(28)22-14-18-6-3-4-9-21(18)26-22)20-8-5-7-19(15-20)25-16-17-10-12-24-13-11-17/h3-4,6-7,9-14,20,25-26H,2,5,8,15-16H2,1H3/t20-/m0/s1. The molecule has 1 aliphatic rings. The lowest BCUT2D eigenvalue weighted by atomic mass is 9.96. The third kappa shape index (κ3) is 3.93. The number of carbonyl (C=O) groups excluding carboxylic acids is 1. The molecular formula is C23H26N4O. The maximum atomic E-state index is 13.2. The molecule has 0 saturated heterocycles. The number of fused-ring (bicyclic) bond motifs is 1. The molecule has 2 aromatic heterocycles. The first-order chi connectivity index (χ1) is 13.7. The number of pyridine rings is 1. The Morgan fingerprint density at radius 2 is 2.07 bits per heavy atom. The molecule has 0 bridgehead atoms. The van der Waals surface area contributed by atoms with Gasteiger partial charge in [0.1, 0.15) is 5.69 Å². The van der Waals surface area contributed by atoms with Gasteiger partial charge < -0.3 is 15.2 Å². The number of amides is 1. The SMILES string of the molecule is CCN(C(=O)c1cc2ccccc2[nH]1)[C@H]1CCC=C(NCc2ccncc2)C1. The molecule has 1 aliphatic carbocycles. The molecule has 5 nitrogen and oxygen atoms in total. The lowest BCUT2D eigenvalue weighted by Crippen LogP contribution is -2.42. The Kier molecular flexibility index (Phi) is 5.42. The van der Waals surface area contributed by atoms with Crippen LogP contribution in [-0.2, 0) is 6.54 Å². The maximum Gasteiger partial charge on any atom is 0.270 e. The number of aromatic amines is 1. The van der Waals surface area contributed by atoms with Crippen molar-refractivity contribution in [3.8, 4) is 0 Å². The van der Waals surface area contributed by atoms with Gasteiger partial charge in [0.15, 0.2) is 0 Å². The summed E-state index contributed by atoms with van der Waals surface area (Å²) in [6.07, 6.45) is 8.74. The van der Waals surface area contributed by atoms with Gasteiger partial charge in [0, 0.05) is 54.5 Å². The van der Waals surface area contributed by atoms with Gasteiger partial charge >= 0.3 is 0 Å². The number of hydrogen-bond acceptors (Lipinski definition) is 3. The van der Waals surface area contributed by atoms with Crippen molar-refractivity contribution in [3.63, 3.8) is 0 Å². The van der Waals surface area contributed by atoms with Crippen LogP contribution in [0.1, 0.15) is 42.2 Å². The predicted octanol–water partition coefficient (Wildman–Crippen LogP) is 4.25. The van der Waals surface area contributed by atoms with Crippen molar-refractivity contribution >= 4 is 16.8 Å². The molecule has 0 spiro atoms. The van der Waals surface area contributed by atoms with Gasteiger partial charge in [-0.15, -0.1) is 0 Å². The average molecular weight is 374 g/mol. The zero-order valence-corrected chi connectivity index (χ0v) is 16.2. The number of benzene rings is 1. The van der Waals surface area contributed by atoms with E-state index in [0.29, 0.717) is 12.2 Å². The Bertz CT molecular complexity index is 943. The van der Waals surface area contributed by atoms with Crippen LogP contribution in [0.25, 0.3) is 10.9 Å². The number of carbonyl (C=O) groups is 1. The van der Waals surface area contributed by atoms with E-state index in [1.54, 1.807) is 0 Å². The van der Waals surface area contributed by atoms with Crippen molar-refractivity contribution in [1.82, 2.24) is 20.2 Å². The topological polar surface area (TPSA) is 61.0 Å². The highest BCUT2D eigenvalue weighted by molar-refractivity contribution is 5.98. The summed E-state index contributed by atoms with van der Waals surface area (Å²) in [6.45, 7) is 3.54. The fourth-order valence-electron chi connectivity index (χ4n) is 3.93. The van der Waals surface area contributed by atoms with Crippen LogP contribution in [0.3, 0.4) is 0 Å². The van der Waals surface area contributed by atoms with E-state index in [2.05, 4.69) is 28.3 Å². The van der Waals surface area contributed by atoms with Crippen LogP contribution >= 0.6 is 0 Å². The molecule has 28 heavy (non-hydrogen) atoms. The Balaban J connectivity index is 1.44. The minimum Gasteiger partial charge on any atom is -0.384 e. The van der Waals surface area contributed by atoms with Gasteiger partial charge in [0.05, 0.1) is 0 Å². The van der Waals surface area contributed by atoms with Crippen molar-refractivity contribution in [2.75, 3.05) is 6.54 Å². The highest BCUT2D eigenvalue weighted by Crippen LogP contribution is 2.24. The number of para-hydroxylation sites is 1. The lowest BCUT2D eigenvalue weighted by molar-refractivity contribution is 0.0669. The Morgan fingerprint density at radius 1 is 1.25 bits per heavy atom. The van der Waals surface area contributed by atoms with E-state index in [9.17, 15) is 4.79 Å². The number of nitrogens with one attached hydrogen (secondary N) is 2. The van der Waals surface area contributed by atoms with E-state index in [0.717, 1.165) is 36.7 Å². The van der Waals surface area contributed by atoms with Gasteiger partial charge in [0.2, 0.25) is 0 Å². The third-order valence-electron chi connectivity index (χ3n) is 5.42. The smallest absolute Gasteiger partial charge is 0.270 e. The first kappa shape index (κ1) is 18.3. The molecule has 2 heterocycles. The highest BCUT2D eigenvalue weighted by Gasteiger charge is 2.27. The van der Waals surface area contributed by atoms with Crippen molar-refractivity contribution in [1.29, 1.82) is 0 Å². The highest BCUT2D eigenvalue weighted by atomic mass is 16.2. The Morgan fingerprint density at radius 3 is 2.86 bits per heavy atom. The summed E-state index contributed by atoms with van der Waals surface area (Å²) in [5, 5.41) is 4.61. The molecule has 1 aromatic carbocycles. The zero-order chi connectivity index (χ0) is 19.3. The molecule has 0 aliphatic heterocycles. The number of allylic oxidation sites excluding steroid dienone is 1. The summed E-state index contributed by atoms with van der Waals surface area (Å²) in [5.74, 6) is 0.0825. The van der Waals surface area contributed by atoms with Gasteiger partial charge in [-0.2, -0.15) is 0 Å². The van der Waals surface area contributed by atoms with Crippen molar-refractivity contribution in [2.24, 2.45) is 0 Å². The summed E-state index contributed by atoms with van der Waals surface area (Å²) < 4.78 is 0. The number of nitrogens with zero attached hydrogens (tertiary/aromatic N) is 2. The summed E-state index contributed by atoms with van der Waals surface area (Å²) in [5.41, 5.74) is 4.10. The van der Waals surface area contributed by atoms with Gasteiger partial charge in [-0.05, 0) is 49.6 Å². The van der Waals surface area contributed by atoms with Gasteiger partial charge in [-0.3, -0.25) is 9.78 Å². The van der Waals surface area contributed by atoms with E-state index < -0.39 is 0 Å². The van der Waals surface area contributed by atoms with Crippen molar-refractivity contribution < 1.29 is 4.79 Å². The molecule has 5 heteroatoms. The molecule has 144 valence electrons. The number of hydrogen-bond donors (Lipinski definition) is 2. The van der Waals surface area contributed by atoms with E-state index in [1.807, 2.05) is 59.8 Å². The van der Waals surface area contributed by atoms with Crippen molar-refractivity contribution in [3.05, 3.63) is 77.9 Å². The van der Waals surface area contributed by atoms with Crippen LogP contribution in [0.15, 0.2) is 66.6 Å². The van der Waals surface area contributed by atoms with Crippen LogP contribution in [0.4, 0.5) is 0 Å². The lowest BCUT2D eigenvalue weighted by Gasteiger charge is -2.34. The molecule has 4 rings (SSSR count). The minimum absolute atomic E-state index is 0.0825. The first-order valence-corrected chi connectivity index (χ1v) is 9.95. The van der Waals surface area contributed by atoms with Crippen LogP contribution in [0.2, 0.25) is 0 Å². The van der Waals surface area contributed by atoms with Crippen LogP contribution in [-0.4, -0.2) is 33.4 Å². The minimum atomic E-state index is 0.0825. The summed E-state index contributed by atoms with van der Waals surface area (Å²) >= 11 is 0. The number of aromatic nitrogens is 2.